The summed E-state index contributed by atoms with van der Waals surface area (Å²) in [6, 6.07) is 11.0. The van der Waals surface area contributed by atoms with Gasteiger partial charge in [0, 0.05) is 24.0 Å². The molecule has 1 aromatic heterocycles. The Morgan fingerprint density at radius 2 is 1.93 bits per heavy atom. The monoisotopic (exact) mass is 395 g/mol. The van der Waals surface area contributed by atoms with Crippen molar-refractivity contribution < 1.29 is 18.8 Å². The van der Waals surface area contributed by atoms with Crippen LogP contribution >= 0.6 is 0 Å². The van der Waals surface area contributed by atoms with Gasteiger partial charge in [-0.3, -0.25) is 19.5 Å². The molecule has 3 amide bonds. The second kappa shape index (κ2) is 8.79. The third kappa shape index (κ3) is 4.83. The standard InChI is InChI=1S/C20H18FN5O3/c1-2-17(27)24-16-11-12(7-8-14(16)21)23-18(28)9-10-22-20(29)19-13-5-3-4-6-15(13)25-26-19/h2-8,11H,1,9-10H2,(H,22,29)(H,23,28)(H,24,27)(H,25,26). The number of hydrogen-bond acceptors (Lipinski definition) is 4. The van der Waals surface area contributed by atoms with Crippen LogP contribution in [-0.4, -0.2) is 34.5 Å². The molecule has 3 aromatic rings. The first-order chi connectivity index (χ1) is 14.0. The molecule has 8 nitrogen and oxygen atoms in total. The van der Waals surface area contributed by atoms with Gasteiger partial charge in [0.05, 0.1) is 11.2 Å². The Kier molecular flexibility index (Phi) is 5.98. The van der Waals surface area contributed by atoms with E-state index in [0.29, 0.717) is 11.1 Å². The fraction of sp³-hybridized carbons (Fsp3) is 0.100. The molecule has 2 aromatic carbocycles. The topological polar surface area (TPSA) is 116 Å². The van der Waals surface area contributed by atoms with Crippen molar-refractivity contribution >= 4 is 40.0 Å². The number of benzene rings is 2. The lowest BCUT2D eigenvalue weighted by atomic mass is 10.2. The van der Waals surface area contributed by atoms with Crippen molar-refractivity contribution in [2.75, 3.05) is 17.2 Å². The van der Waals surface area contributed by atoms with Crippen LogP contribution in [0.4, 0.5) is 15.8 Å². The van der Waals surface area contributed by atoms with E-state index in [-0.39, 0.29) is 30.3 Å². The average Bonchev–Trinajstić information content (AvgIpc) is 3.14. The van der Waals surface area contributed by atoms with Gasteiger partial charge in [-0.1, -0.05) is 24.8 Å². The van der Waals surface area contributed by atoms with E-state index in [9.17, 15) is 18.8 Å². The molecule has 0 radical (unpaired) electrons. The van der Waals surface area contributed by atoms with Crippen molar-refractivity contribution in [3.8, 4) is 0 Å². The molecule has 0 bridgehead atoms. The van der Waals surface area contributed by atoms with Crippen molar-refractivity contribution in [1.82, 2.24) is 15.5 Å². The molecule has 0 aliphatic carbocycles. The molecule has 0 spiro atoms. The fourth-order valence-corrected chi connectivity index (χ4v) is 2.62. The maximum atomic E-state index is 13.7. The molecule has 148 valence electrons. The van der Waals surface area contributed by atoms with Gasteiger partial charge in [0.2, 0.25) is 11.8 Å². The number of nitrogens with zero attached hydrogens (tertiary/aromatic N) is 1. The number of H-pyrrole nitrogens is 1. The minimum absolute atomic E-state index is 0.000177. The van der Waals surface area contributed by atoms with E-state index in [0.717, 1.165) is 17.7 Å². The minimum atomic E-state index is -0.642. The number of aromatic amines is 1. The number of rotatable bonds is 7. The number of anilines is 2. The van der Waals surface area contributed by atoms with Crippen LogP contribution in [0.5, 0.6) is 0 Å². The quantitative estimate of drug-likeness (QED) is 0.460. The van der Waals surface area contributed by atoms with E-state index in [1.54, 1.807) is 18.2 Å². The van der Waals surface area contributed by atoms with E-state index in [2.05, 4.69) is 32.7 Å². The first-order valence-corrected chi connectivity index (χ1v) is 8.72. The van der Waals surface area contributed by atoms with Crippen molar-refractivity contribution in [2.24, 2.45) is 0 Å². The van der Waals surface area contributed by atoms with Crippen LogP contribution in [-0.2, 0) is 9.59 Å². The highest BCUT2D eigenvalue weighted by Crippen LogP contribution is 2.20. The number of fused-ring (bicyclic) bond motifs is 1. The highest BCUT2D eigenvalue weighted by Gasteiger charge is 2.14. The highest BCUT2D eigenvalue weighted by molar-refractivity contribution is 6.04. The van der Waals surface area contributed by atoms with Gasteiger partial charge in [0.25, 0.3) is 5.91 Å². The number of nitrogens with one attached hydrogen (secondary N) is 4. The van der Waals surface area contributed by atoms with Crippen molar-refractivity contribution in [3.05, 3.63) is 66.6 Å². The summed E-state index contributed by atoms with van der Waals surface area (Å²) in [5.41, 5.74) is 1.22. The van der Waals surface area contributed by atoms with Crippen LogP contribution in [0.25, 0.3) is 10.9 Å². The second-order valence-corrected chi connectivity index (χ2v) is 6.06. The molecule has 1 heterocycles. The summed E-state index contributed by atoms with van der Waals surface area (Å²) in [5.74, 6) is -1.99. The molecule has 0 saturated heterocycles. The van der Waals surface area contributed by atoms with E-state index in [1.807, 2.05) is 6.07 Å². The molecular formula is C20H18FN5O3. The Hall–Kier alpha value is -4.01. The van der Waals surface area contributed by atoms with Gasteiger partial charge in [0.1, 0.15) is 5.82 Å². The molecule has 0 aliphatic heterocycles. The Labute approximate surface area is 165 Å². The number of halogens is 1. The predicted octanol–water partition coefficient (Wildman–Crippen LogP) is 2.59. The number of carbonyl (C=O) groups excluding carboxylic acids is 3. The van der Waals surface area contributed by atoms with Crippen molar-refractivity contribution in [2.45, 2.75) is 6.42 Å². The second-order valence-electron chi connectivity index (χ2n) is 6.06. The van der Waals surface area contributed by atoms with Crippen LogP contribution in [0.3, 0.4) is 0 Å². The summed E-state index contributed by atoms with van der Waals surface area (Å²) >= 11 is 0. The zero-order valence-corrected chi connectivity index (χ0v) is 15.3. The van der Waals surface area contributed by atoms with Crippen LogP contribution in [0.2, 0.25) is 0 Å². The van der Waals surface area contributed by atoms with E-state index < -0.39 is 17.6 Å². The lowest BCUT2D eigenvalue weighted by Crippen LogP contribution is -2.28. The van der Waals surface area contributed by atoms with Crippen LogP contribution in [0, 0.1) is 5.82 Å². The number of carbonyl (C=O) groups is 3. The molecule has 0 fully saturated rings. The molecule has 0 atom stereocenters. The van der Waals surface area contributed by atoms with Crippen LogP contribution < -0.4 is 16.0 Å². The Bertz CT molecular complexity index is 1090. The Morgan fingerprint density at radius 3 is 2.72 bits per heavy atom. The summed E-state index contributed by atoms with van der Waals surface area (Å²) < 4.78 is 13.7. The summed E-state index contributed by atoms with van der Waals surface area (Å²) in [6.07, 6.45) is 1.01. The van der Waals surface area contributed by atoms with E-state index >= 15 is 0 Å². The number of aromatic nitrogens is 2. The average molecular weight is 395 g/mol. The number of hydrogen-bond donors (Lipinski definition) is 4. The van der Waals surface area contributed by atoms with Crippen LogP contribution in [0.1, 0.15) is 16.9 Å². The molecule has 29 heavy (non-hydrogen) atoms. The summed E-state index contributed by atoms with van der Waals surface area (Å²) in [6.45, 7) is 3.39. The number of para-hydroxylation sites is 1. The lowest BCUT2D eigenvalue weighted by molar-refractivity contribution is -0.116. The van der Waals surface area contributed by atoms with Gasteiger partial charge < -0.3 is 16.0 Å². The number of amides is 3. The summed E-state index contributed by atoms with van der Waals surface area (Å²) in [5, 5.41) is 15.0. The molecule has 4 N–H and O–H groups in total. The normalized spacial score (nSPS) is 10.4. The zero-order valence-electron chi connectivity index (χ0n) is 15.3. The minimum Gasteiger partial charge on any atom is -0.350 e. The third-order valence-electron chi connectivity index (χ3n) is 4.02. The van der Waals surface area contributed by atoms with E-state index in [1.165, 1.54) is 12.1 Å². The molecule has 3 rings (SSSR count). The predicted molar refractivity (Wildman–Crippen MR) is 107 cm³/mol. The van der Waals surface area contributed by atoms with Crippen LogP contribution in [0.15, 0.2) is 55.1 Å². The third-order valence-corrected chi connectivity index (χ3v) is 4.02. The molecule has 0 saturated carbocycles. The molecule has 0 aliphatic rings. The zero-order chi connectivity index (χ0) is 20.8. The molecular weight excluding hydrogens is 377 g/mol. The fourth-order valence-electron chi connectivity index (χ4n) is 2.62. The lowest BCUT2D eigenvalue weighted by Gasteiger charge is -2.09. The summed E-state index contributed by atoms with van der Waals surface area (Å²) in [4.78, 5) is 35.7. The van der Waals surface area contributed by atoms with Gasteiger partial charge in [-0.15, -0.1) is 0 Å². The van der Waals surface area contributed by atoms with E-state index in [4.69, 9.17) is 0 Å². The van der Waals surface area contributed by atoms with Crippen molar-refractivity contribution in [1.29, 1.82) is 0 Å². The van der Waals surface area contributed by atoms with Gasteiger partial charge in [-0.2, -0.15) is 5.10 Å². The maximum Gasteiger partial charge on any atom is 0.272 e. The first kappa shape index (κ1) is 19.7. The SMILES string of the molecule is C=CC(=O)Nc1cc(NC(=O)CCNC(=O)c2n[nH]c3ccccc23)ccc1F. The summed E-state index contributed by atoms with van der Waals surface area (Å²) in [7, 11) is 0. The smallest absolute Gasteiger partial charge is 0.272 e. The van der Waals surface area contributed by atoms with Gasteiger partial charge >= 0.3 is 0 Å². The highest BCUT2D eigenvalue weighted by atomic mass is 19.1. The van der Waals surface area contributed by atoms with Gasteiger partial charge in [-0.25, -0.2) is 4.39 Å². The van der Waals surface area contributed by atoms with Crippen molar-refractivity contribution in [3.63, 3.8) is 0 Å². The Morgan fingerprint density at radius 1 is 1.14 bits per heavy atom. The first-order valence-electron chi connectivity index (χ1n) is 8.72. The molecule has 9 heteroatoms. The van der Waals surface area contributed by atoms with Gasteiger partial charge in [0.15, 0.2) is 5.69 Å². The largest absolute Gasteiger partial charge is 0.350 e. The van der Waals surface area contributed by atoms with Gasteiger partial charge in [-0.05, 0) is 30.3 Å². The molecule has 0 unspecified atom stereocenters. The maximum absolute atomic E-state index is 13.7. The Balaban J connectivity index is 1.53.